The van der Waals surface area contributed by atoms with Gasteiger partial charge in [-0.3, -0.25) is 4.79 Å². The fraction of sp³-hybridized carbons (Fsp3) is 0.350. The highest BCUT2D eigenvalue weighted by Gasteiger charge is 2.38. The van der Waals surface area contributed by atoms with Gasteiger partial charge in [0, 0.05) is 31.4 Å². The molecule has 0 aliphatic heterocycles. The fourth-order valence-electron chi connectivity index (χ4n) is 2.96. The number of carbonyl (C=O) groups excluding carboxylic acids is 1. The molecule has 0 heterocycles. The summed E-state index contributed by atoms with van der Waals surface area (Å²) in [6, 6.07) is 18.4. The minimum absolute atomic E-state index is 0.0226. The molecule has 2 atom stereocenters. The number of anilines is 1. The average Bonchev–Trinajstić information content (AvgIpc) is 3.39. The van der Waals surface area contributed by atoms with Crippen molar-refractivity contribution < 1.29 is 4.79 Å². The summed E-state index contributed by atoms with van der Waals surface area (Å²) in [6.07, 6.45) is 1.17. The lowest BCUT2D eigenvalue weighted by atomic mass is 10.1. The molecule has 1 saturated carbocycles. The summed E-state index contributed by atoms with van der Waals surface area (Å²) >= 11 is 0. The first-order valence-electron chi connectivity index (χ1n) is 8.33. The Morgan fingerprint density at radius 2 is 1.83 bits per heavy atom. The molecule has 2 aromatic rings. The molecule has 1 N–H and O–H groups in total. The molecule has 0 radical (unpaired) electrons. The van der Waals surface area contributed by atoms with E-state index >= 15 is 0 Å². The second-order valence-corrected chi connectivity index (χ2v) is 6.28. The zero-order chi connectivity index (χ0) is 16.2. The Morgan fingerprint density at radius 1 is 1.13 bits per heavy atom. The number of hydrogen-bond acceptors (Lipinski definition) is 2. The lowest BCUT2D eigenvalue weighted by Gasteiger charge is -2.16. The highest BCUT2D eigenvalue weighted by Crippen LogP contribution is 2.46. The molecule has 1 aliphatic rings. The molecule has 3 nitrogen and oxygen atoms in total. The molecule has 0 aromatic heterocycles. The number of nitrogens with one attached hydrogen (secondary N) is 1. The monoisotopic (exact) mass is 308 g/mol. The van der Waals surface area contributed by atoms with Gasteiger partial charge in [0.15, 0.2) is 0 Å². The second-order valence-electron chi connectivity index (χ2n) is 6.28. The summed E-state index contributed by atoms with van der Waals surface area (Å²) in [6.45, 7) is 3.82. The number of nitrogens with zero attached hydrogens (tertiary/aromatic N) is 1. The SMILES string of the molecule is CCN(C)c1ccc(C(=O)NCC2CC2c2ccccc2)cc1. The zero-order valence-electron chi connectivity index (χ0n) is 13.8. The first-order chi connectivity index (χ1) is 11.2. The van der Waals surface area contributed by atoms with E-state index in [0.717, 1.165) is 24.3 Å². The standard InChI is InChI=1S/C20H24N2O/c1-3-22(2)18-11-9-16(10-12-18)20(23)21-14-17-13-19(17)15-7-5-4-6-8-15/h4-12,17,19H,3,13-14H2,1-2H3,(H,21,23). The summed E-state index contributed by atoms with van der Waals surface area (Å²) in [4.78, 5) is 14.4. The first kappa shape index (κ1) is 15.6. The smallest absolute Gasteiger partial charge is 0.251 e. The van der Waals surface area contributed by atoms with E-state index in [1.807, 2.05) is 37.4 Å². The van der Waals surface area contributed by atoms with Gasteiger partial charge in [0.05, 0.1) is 0 Å². The quantitative estimate of drug-likeness (QED) is 0.883. The van der Waals surface area contributed by atoms with Crippen molar-refractivity contribution in [3.63, 3.8) is 0 Å². The van der Waals surface area contributed by atoms with Crippen LogP contribution in [0, 0.1) is 5.92 Å². The summed E-state index contributed by atoms with van der Waals surface area (Å²) in [5, 5.41) is 3.07. The number of rotatable bonds is 6. The Labute approximate surface area is 138 Å². The summed E-state index contributed by atoms with van der Waals surface area (Å²) in [5.41, 5.74) is 3.25. The van der Waals surface area contributed by atoms with E-state index in [2.05, 4.69) is 41.4 Å². The molecular formula is C20H24N2O. The maximum Gasteiger partial charge on any atom is 0.251 e. The predicted octanol–water partition coefficient (Wildman–Crippen LogP) is 3.68. The van der Waals surface area contributed by atoms with Crippen molar-refractivity contribution in [2.75, 3.05) is 25.0 Å². The third-order valence-corrected chi connectivity index (χ3v) is 4.72. The van der Waals surface area contributed by atoms with E-state index in [1.165, 1.54) is 12.0 Å². The first-order valence-corrected chi connectivity index (χ1v) is 8.33. The van der Waals surface area contributed by atoms with E-state index in [0.29, 0.717) is 11.8 Å². The van der Waals surface area contributed by atoms with E-state index < -0.39 is 0 Å². The lowest BCUT2D eigenvalue weighted by Crippen LogP contribution is -2.26. The molecule has 2 unspecified atom stereocenters. The second kappa shape index (κ2) is 6.86. The van der Waals surface area contributed by atoms with Gasteiger partial charge < -0.3 is 10.2 Å². The Bertz CT molecular complexity index is 651. The van der Waals surface area contributed by atoms with Crippen LogP contribution in [0.2, 0.25) is 0 Å². The van der Waals surface area contributed by atoms with Gasteiger partial charge in [0.25, 0.3) is 5.91 Å². The predicted molar refractivity (Wildman–Crippen MR) is 95.0 cm³/mol. The minimum Gasteiger partial charge on any atom is -0.375 e. The van der Waals surface area contributed by atoms with Crippen LogP contribution in [0.4, 0.5) is 5.69 Å². The molecule has 1 fully saturated rings. The van der Waals surface area contributed by atoms with Crippen LogP contribution in [0.3, 0.4) is 0 Å². The van der Waals surface area contributed by atoms with Gasteiger partial charge in [0.2, 0.25) is 0 Å². The van der Waals surface area contributed by atoms with E-state index in [-0.39, 0.29) is 5.91 Å². The van der Waals surface area contributed by atoms with Crippen molar-refractivity contribution in [3.05, 3.63) is 65.7 Å². The van der Waals surface area contributed by atoms with Crippen LogP contribution in [0.25, 0.3) is 0 Å². The van der Waals surface area contributed by atoms with Gasteiger partial charge in [-0.2, -0.15) is 0 Å². The van der Waals surface area contributed by atoms with Crippen LogP contribution in [0.1, 0.15) is 35.2 Å². The zero-order valence-corrected chi connectivity index (χ0v) is 13.8. The lowest BCUT2D eigenvalue weighted by molar-refractivity contribution is 0.0951. The maximum atomic E-state index is 12.2. The maximum absolute atomic E-state index is 12.2. The van der Waals surface area contributed by atoms with Crippen molar-refractivity contribution in [3.8, 4) is 0 Å². The van der Waals surface area contributed by atoms with Gasteiger partial charge in [-0.25, -0.2) is 0 Å². The van der Waals surface area contributed by atoms with Crippen molar-refractivity contribution in [1.82, 2.24) is 5.32 Å². The largest absolute Gasteiger partial charge is 0.375 e. The molecule has 3 heteroatoms. The molecular weight excluding hydrogens is 284 g/mol. The van der Waals surface area contributed by atoms with Crippen LogP contribution in [0.5, 0.6) is 0 Å². The van der Waals surface area contributed by atoms with E-state index in [9.17, 15) is 4.79 Å². The Hall–Kier alpha value is -2.29. The summed E-state index contributed by atoms with van der Waals surface area (Å²) in [5.74, 6) is 1.21. The number of amides is 1. The van der Waals surface area contributed by atoms with Gasteiger partial charge >= 0.3 is 0 Å². The summed E-state index contributed by atoms with van der Waals surface area (Å²) in [7, 11) is 2.05. The number of carbonyl (C=O) groups is 1. The van der Waals surface area contributed by atoms with Crippen molar-refractivity contribution >= 4 is 11.6 Å². The van der Waals surface area contributed by atoms with E-state index in [1.54, 1.807) is 0 Å². The molecule has 120 valence electrons. The van der Waals surface area contributed by atoms with Crippen LogP contribution in [-0.4, -0.2) is 26.0 Å². The Morgan fingerprint density at radius 3 is 2.48 bits per heavy atom. The third-order valence-electron chi connectivity index (χ3n) is 4.72. The van der Waals surface area contributed by atoms with Crippen LogP contribution in [0.15, 0.2) is 54.6 Å². The van der Waals surface area contributed by atoms with Gasteiger partial charge in [-0.15, -0.1) is 0 Å². The molecule has 1 aliphatic carbocycles. The normalized spacial score (nSPS) is 19.2. The highest BCUT2D eigenvalue weighted by molar-refractivity contribution is 5.94. The molecule has 23 heavy (non-hydrogen) atoms. The highest BCUT2D eigenvalue weighted by atomic mass is 16.1. The molecule has 0 spiro atoms. The van der Waals surface area contributed by atoms with Gasteiger partial charge in [-0.1, -0.05) is 30.3 Å². The molecule has 3 rings (SSSR count). The number of hydrogen-bond donors (Lipinski definition) is 1. The minimum atomic E-state index is 0.0226. The van der Waals surface area contributed by atoms with Gasteiger partial charge in [0.1, 0.15) is 0 Å². The average molecular weight is 308 g/mol. The van der Waals surface area contributed by atoms with Crippen molar-refractivity contribution in [2.24, 2.45) is 5.92 Å². The Kier molecular flexibility index (Phi) is 4.65. The molecule has 0 saturated heterocycles. The topological polar surface area (TPSA) is 32.3 Å². The Balaban J connectivity index is 1.51. The van der Waals surface area contributed by atoms with Crippen LogP contribution in [-0.2, 0) is 0 Å². The summed E-state index contributed by atoms with van der Waals surface area (Å²) < 4.78 is 0. The van der Waals surface area contributed by atoms with E-state index in [4.69, 9.17) is 0 Å². The fourth-order valence-corrected chi connectivity index (χ4v) is 2.96. The van der Waals surface area contributed by atoms with Crippen LogP contribution >= 0.6 is 0 Å². The van der Waals surface area contributed by atoms with Crippen molar-refractivity contribution in [2.45, 2.75) is 19.3 Å². The molecule has 2 aromatic carbocycles. The van der Waals surface area contributed by atoms with Crippen LogP contribution < -0.4 is 10.2 Å². The molecule has 1 amide bonds. The third kappa shape index (κ3) is 3.73. The van der Waals surface area contributed by atoms with Crippen molar-refractivity contribution in [1.29, 1.82) is 0 Å². The number of benzene rings is 2. The molecule has 0 bridgehead atoms. The van der Waals surface area contributed by atoms with Gasteiger partial charge in [-0.05, 0) is 55.0 Å².